The van der Waals surface area contributed by atoms with Gasteiger partial charge in [-0.15, -0.1) is 0 Å². The molecular formula is C12H10FN3O2. The Balaban J connectivity index is 2.13. The highest BCUT2D eigenvalue weighted by Gasteiger charge is 2.21. The Hall–Kier alpha value is -2.37. The van der Waals surface area contributed by atoms with E-state index in [2.05, 4.69) is 15.3 Å². The summed E-state index contributed by atoms with van der Waals surface area (Å²) in [5, 5.41) is 12.0. The molecule has 18 heavy (non-hydrogen) atoms. The molecule has 0 unspecified atom stereocenters. The summed E-state index contributed by atoms with van der Waals surface area (Å²) >= 11 is 0. The number of hydrogen-bond donors (Lipinski definition) is 3. The Morgan fingerprint density at radius 2 is 2.17 bits per heavy atom. The molecule has 0 fully saturated rings. The van der Waals surface area contributed by atoms with Gasteiger partial charge in [0, 0.05) is 36.0 Å². The van der Waals surface area contributed by atoms with Crippen LogP contribution in [0.3, 0.4) is 0 Å². The molecule has 3 N–H and O–H groups in total. The van der Waals surface area contributed by atoms with E-state index in [0.717, 1.165) is 11.9 Å². The normalized spacial score (nSPS) is 14.2. The fraction of sp³-hybridized carbons (Fsp3) is 0.167. The lowest BCUT2D eigenvalue weighted by molar-refractivity contribution is 0.0946. The zero-order valence-corrected chi connectivity index (χ0v) is 9.33. The van der Waals surface area contributed by atoms with Crippen LogP contribution in [0.2, 0.25) is 0 Å². The van der Waals surface area contributed by atoms with Gasteiger partial charge in [0.25, 0.3) is 5.91 Å². The van der Waals surface area contributed by atoms with Crippen LogP contribution in [-0.2, 0) is 6.42 Å². The number of halogens is 1. The maximum atomic E-state index is 13.6. The zero-order valence-electron chi connectivity index (χ0n) is 9.33. The van der Waals surface area contributed by atoms with Gasteiger partial charge in [0.1, 0.15) is 0 Å². The molecule has 0 aromatic carbocycles. The molecule has 3 rings (SSSR count). The van der Waals surface area contributed by atoms with Gasteiger partial charge in [-0.2, -0.15) is 0 Å². The van der Waals surface area contributed by atoms with Gasteiger partial charge in [-0.3, -0.25) is 4.79 Å². The van der Waals surface area contributed by atoms with E-state index in [0.29, 0.717) is 24.2 Å². The number of hydrogen-bond acceptors (Lipinski definition) is 3. The molecule has 0 saturated heterocycles. The van der Waals surface area contributed by atoms with E-state index >= 15 is 0 Å². The molecule has 92 valence electrons. The first-order valence-electron chi connectivity index (χ1n) is 5.50. The SMILES string of the molecule is O=C1NCCc2[nH]c(-c3cc(O)ncc3F)cc21. The van der Waals surface area contributed by atoms with Crippen molar-refractivity contribution in [1.82, 2.24) is 15.3 Å². The maximum Gasteiger partial charge on any atom is 0.253 e. The number of H-pyrrole nitrogens is 1. The van der Waals surface area contributed by atoms with Crippen LogP contribution in [0.25, 0.3) is 11.3 Å². The number of carbonyl (C=O) groups is 1. The van der Waals surface area contributed by atoms with E-state index in [-0.39, 0.29) is 17.4 Å². The second kappa shape index (κ2) is 3.83. The number of amides is 1. The number of aromatic nitrogens is 2. The van der Waals surface area contributed by atoms with E-state index in [1.165, 1.54) is 6.07 Å². The lowest BCUT2D eigenvalue weighted by atomic mass is 10.1. The third kappa shape index (κ3) is 1.62. The van der Waals surface area contributed by atoms with Crippen molar-refractivity contribution >= 4 is 5.91 Å². The third-order valence-electron chi connectivity index (χ3n) is 2.94. The van der Waals surface area contributed by atoms with Crippen molar-refractivity contribution < 1.29 is 14.3 Å². The number of carbonyl (C=O) groups excluding carboxylic acids is 1. The molecule has 6 heteroatoms. The van der Waals surface area contributed by atoms with Crippen molar-refractivity contribution in [2.75, 3.05) is 6.54 Å². The summed E-state index contributed by atoms with van der Waals surface area (Å²) < 4.78 is 13.6. The monoisotopic (exact) mass is 247 g/mol. The van der Waals surface area contributed by atoms with Gasteiger partial charge < -0.3 is 15.4 Å². The highest BCUT2D eigenvalue weighted by Crippen LogP contribution is 2.27. The van der Waals surface area contributed by atoms with Crippen molar-refractivity contribution in [3.05, 3.63) is 35.4 Å². The van der Waals surface area contributed by atoms with Gasteiger partial charge in [0.05, 0.1) is 11.8 Å². The minimum atomic E-state index is -0.549. The van der Waals surface area contributed by atoms with Gasteiger partial charge in [-0.25, -0.2) is 9.37 Å². The second-order valence-corrected chi connectivity index (χ2v) is 4.10. The Kier molecular flexibility index (Phi) is 2.29. The van der Waals surface area contributed by atoms with E-state index < -0.39 is 5.82 Å². The fourth-order valence-corrected chi connectivity index (χ4v) is 2.07. The second-order valence-electron chi connectivity index (χ2n) is 4.10. The van der Waals surface area contributed by atoms with E-state index in [1.54, 1.807) is 6.07 Å². The van der Waals surface area contributed by atoms with Crippen molar-refractivity contribution in [1.29, 1.82) is 0 Å². The standard InChI is InChI=1S/C12H10FN3O2/c13-8-5-15-11(17)4-6(8)10-3-7-9(16-10)1-2-14-12(7)18/h3-5,16H,1-2H2,(H,14,18)(H,15,17). The van der Waals surface area contributed by atoms with E-state index in [4.69, 9.17) is 0 Å². The van der Waals surface area contributed by atoms with Crippen LogP contribution >= 0.6 is 0 Å². The van der Waals surface area contributed by atoms with Gasteiger partial charge in [0.2, 0.25) is 5.88 Å². The molecule has 0 saturated carbocycles. The zero-order chi connectivity index (χ0) is 12.7. The Morgan fingerprint density at radius 1 is 1.33 bits per heavy atom. The molecule has 0 atom stereocenters. The van der Waals surface area contributed by atoms with Crippen LogP contribution in [0.4, 0.5) is 4.39 Å². The molecule has 0 bridgehead atoms. The Labute approximate surface area is 102 Å². The molecule has 1 aliphatic rings. The van der Waals surface area contributed by atoms with Crippen molar-refractivity contribution in [2.24, 2.45) is 0 Å². The molecule has 5 nitrogen and oxygen atoms in total. The summed E-state index contributed by atoms with van der Waals surface area (Å²) in [6, 6.07) is 2.81. The summed E-state index contributed by atoms with van der Waals surface area (Å²) in [4.78, 5) is 18.1. The molecule has 1 amide bonds. The highest BCUT2D eigenvalue weighted by molar-refractivity contribution is 5.97. The number of nitrogens with zero attached hydrogens (tertiary/aromatic N) is 1. The lowest BCUT2D eigenvalue weighted by Gasteiger charge is -2.10. The van der Waals surface area contributed by atoms with Crippen LogP contribution in [0.1, 0.15) is 16.1 Å². The summed E-state index contributed by atoms with van der Waals surface area (Å²) in [5.74, 6) is -0.979. The summed E-state index contributed by atoms with van der Waals surface area (Å²) in [6.45, 7) is 0.565. The predicted molar refractivity (Wildman–Crippen MR) is 61.7 cm³/mol. The van der Waals surface area contributed by atoms with Crippen LogP contribution in [0.5, 0.6) is 5.88 Å². The van der Waals surface area contributed by atoms with Gasteiger partial charge in [-0.05, 0) is 6.07 Å². The minimum Gasteiger partial charge on any atom is -0.493 e. The first kappa shape index (κ1) is 10.8. The van der Waals surface area contributed by atoms with Crippen molar-refractivity contribution in [3.63, 3.8) is 0 Å². The number of pyridine rings is 1. The minimum absolute atomic E-state index is 0.169. The van der Waals surface area contributed by atoms with Crippen molar-refractivity contribution in [2.45, 2.75) is 6.42 Å². The van der Waals surface area contributed by atoms with Gasteiger partial charge in [0.15, 0.2) is 5.82 Å². The molecule has 2 aromatic rings. The van der Waals surface area contributed by atoms with Gasteiger partial charge in [-0.1, -0.05) is 0 Å². The largest absolute Gasteiger partial charge is 0.493 e. The van der Waals surface area contributed by atoms with E-state index in [9.17, 15) is 14.3 Å². The van der Waals surface area contributed by atoms with Crippen LogP contribution < -0.4 is 5.32 Å². The number of rotatable bonds is 1. The molecule has 2 aromatic heterocycles. The summed E-state index contributed by atoms with van der Waals surface area (Å²) in [7, 11) is 0. The van der Waals surface area contributed by atoms with Crippen molar-refractivity contribution in [3.8, 4) is 17.1 Å². The molecule has 3 heterocycles. The highest BCUT2D eigenvalue weighted by atomic mass is 19.1. The van der Waals surface area contributed by atoms with E-state index in [1.807, 2.05) is 0 Å². The topological polar surface area (TPSA) is 78.0 Å². The molecule has 0 radical (unpaired) electrons. The average Bonchev–Trinajstić information content (AvgIpc) is 2.77. The number of aromatic hydroxyl groups is 1. The lowest BCUT2D eigenvalue weighted by Crippen LogP contribution is -2.31. The molecule has 0 spiro atoms. The van der Waals surface area contributed by atoms with Crippen LogP contribution in [0.15, 0.2) is 18.3 Å². The summed E-state index contributed by atoms with van der Waals surface area (Å²) in [6.07, 6.45) is 1.63. The molecule has 1 aliphatic heterocycles. The average molecular weight is 247 g/mol. The first-order valence-corrected chi connectivity index (χ1v) is 5.50. The van der Waals surface area contributed by atoms with Gasteiger partial charge >= 0.3 is 0 Å². The number of aromatic amines is 1. The predicted octanol–water partition coefficient (Wildman–Crippen LogP) is 1.21. The first-order chi connectivity index (χ1) is 8.65. The fourth-order valence-electron chi connectivity index (χ4n) is 2.07. The Morgan fingerprint density at radius 3 is 2.94 bits per heavy atom. The van der Waals surface area contributed by atoms with Crippen LogP contribution in [0, 0.1) is 5.82 Å². The number of fused-ring (bicyclic) bond motifs is 1. The van der Waals surface area contributed by atoms with Crippen LogP contribution in [-0.4, -0.2) is 27.5 Å². The smallest absolute Gasteiger partial charge is 0.253 e. The third-order valence-corrected chi connectivity index (χ3v) is 2.94. The number of nitrogens with one attached hydrogen (secondary N) is 2. The summed E-state index contributed by atoms with van der Waals surface area (Å²) in [5.41, 5.74) is 1.97. The Bertz CT molecular complexity index is 636. The molecule has 0 aliphatic carbocycles. The quantitative estimate of drug-likeness (QED) is 0.708. The maximum absolute atomic E-state index is 13.6. The molecular weight excluding hydrogens is 237 g/mol.